The minimum atomic E-state index is 0.403. The molecule has 0 aromatic carbocycles. The first-order valence-electron chi connectivity index (χ1n) is 3.96. The molecular weight excluding hydrogens is 136 g/mol. The van der Waals surface area contributed by atoms with E-state index in [9.17, 15) is 0 Å². The van der Waals surface area contributed by atoms with Crippen molar-refractivity contribution in [3.63, 3.8) is 0 Å². The molecule has 0 aliphatic rings. The van der Waals surface area contributed by atoms with Crippen molar-refractivity contribution in [1.29, 1.82) is 0 Å². The lowest BCUT2D eigenvalue weighted by Crippen LogP contribution is -1.83. The molecule has 0 spiro atoms. The Bertz CT molecular complexity index is 389. The van der Waals surface area contributed by atoms with Crippen LogP contribution in [0.15, 0.2) is 30.4 Å². The lowest BCUT2D eigenvalue weighted by atomic mass is 10.3. The van der Waals surface area contributed by atoms with Crippen LogP contribution in [0.4, 0.5) is 0 Å². The van der Waals surface area contributed by atoms with Crippen molar-refractivity contribution in [3.8, 4) is 0 Å². The fraction of sp³-hybridized carbons (Fsp3) is 0.111. The number of nitrogens with zero attached hydrogens (tertiary/aromatic N) is 2. The molecule has 54 valence electrons. The highest BCUT2D eigenvalue weighted by molar-refractivity contribution is 5.73. The van der Waals surface area contributed by atoms with Crippen molar-refractivity contribution in [1.82, 2.24) is 9.97 Å². The molecule has 2 heterocycles. The molecule has 0 bridgehead atoms. The van der Waals surface area contributed by atoms with Crippen LogP contribution < -0.4 is 0 Å². The summed E-state index contributed by atoms with van der Waals surface area (Å²) in [7, 11) is 0. The van der Waals surface area contributed by atoms with Gasteiger partial charge in [-0.1, -0.05) is 0 Å². The molecule has 0 saturated heterocycles. The Morgan fingerprint density at radius 2 is 2.18 bits per heavy atom. The molecule has 0 aliphatic heterocycles. The standard InChI is InChI=1S/C9H8N2/c1-7-4-5-8-9(11-7)3-2-6-10-8/h2-6H,1H3/i2D. The molecule has 2 aromatic rings. The lowest BCUT2D eigenvalue weighted by Gasteiger charge is -1.95. The minimum Gasteiger partial charge on any atom is -0.255 e. The maximum Gasteiger partial charge on any atom is 0.0889 e. The molecule has 0 N–H and O–H groups in total. The molecule has 0 amide bonds. The number of hydrogen-bond acceptors (Lipinski definition) is 2. The van der Waals surface area contributed by atoms with E-state index in [0.717, 1.165) is 16.7 Å². The van der Waals surface area contributed by atoms with E-state index in [2.05, 4.69) is 9.97 Å². The Morgan fingerprint density at radius 3 is 3.09 bits per heavy atom. The van der Waals surface area contributed by atoms with Crippen LogP contribution in [0.5, 0.6) is 0 Å². The zero-order valence-corrected chi connectivity index (χ0v) is 6.20. The van der Waals surface area contributed by atoms with Gasteiger partial charge in [-0.3, -0.25) is 9.97 Å². The molecular formula is C9H8N2. The second-order valence-electron chi connectivity index (χ2n) is 2.43. The zero-order chi connectivity index (χ0) is 8.55. The van der Waals surface area contributed by atoms with Crippen molar-refractivity contribution in [2.45, 2.75) is 6.92 Å². The predicted molar refractivity (Wildman–Crippen MR) is 44.3 cm³/mol. The van der Waals surface area contributed by atoms with Crippen LogP contribution in [0.25, 0.3) is 11.0 Å². The van der Waals surface area contributed by atoms with E-state index >= 15 is 0 Å². The van der Waals surface area contributed by atoms with Crippen LogP contribution in [-0.4, -0.2) is 9.97 Å². The zero-order valence-electron chi connectivity index (χ0n) is 7.20. The molecule has 2 aromatic heterocycles. The Morgan fingerprint density at radius 1 is 1.27 bits per heavy atom. The SMILES string of the molecule is [2H]c1cnc2ccc(C)nc2c1. The van der Waals surface area contributed by atoms with E-state index in [1.165, 1.54) is 6.20 Å². The number of hydrogen-bond donors (Lipinski definition) is 0. The molecule has 2 rings (SSSR count). The number of aryl methyl sites for hydroxylation is 1. The Kier molecular flexibility index (Phi) is 1.10. The van der Waals surface area contributed by atoms with E-state index in [1.807, 2.05) is 19.1 Å². The molecule has 0 saturated carbocycles. The van der Waals surface area contributed by atoms with Gasteiger partial charge in [-0.05, 0) is 31.2 Å². The smallest absolute Gasteiger partial charge is 0.0889 e. The average Bonchev–Trinajstić information content (AvgIpc) is 2.03. The molecule has 0 radical (unpaired) electrons. The maximum atomic E-state index is 7.35. The maximum absolute atomic E-state index is 7.35. The first-order valence-corrected chi connectivity index (χ1v) is 3.46. The Balaban J connectivity index is 2.80. The van der Waals surface area contributed by atoms with Gasteiger partial charge in [-0.15, -0.1) is 0 Å². The number of fused-ring (bicyclic) bond motifs is 1. The van der Waals surface area contributed by atoms with Crippen LogP contribution in [0.3, 0.4) is 0 Å². The fourth-order valence-corrected chi connectivity index (χ4v) is 1.01. The highest BCUT2D eigenvalue weighted by atomic mass is 14.7. The predicted octanol–water partition coefficient (Wildman–Crippen LogP) is 1.94. The van der Waals surface area contributed by atoms with E-state index in [0.29, 0.717) is 6.04 Å². The second kappa shape index (κ2) is 2.31. The van der Waals surface area contributed by atoms with Gasteiger partial charge in [0, 0.05) is 11.9 Å². The molecule has 0 atom stereocenters. The molecule has 0 aliphatic carbocycles. The largest absolute Gasteiger partial charge is 0.255 e. The fourth-order valence-electron chi connectivity index (χ4n) is 1.01. The van der Waals surface area contributed by atoms with Gasteiger partial charge in [-0.2, -0.15) is 0 Å². The topological polar surface area (TPSA) is 25.8 Å². The molecule has 0 unspecified atom stereocenters. The third kappa shape index (κ3) is 1.07. The van der Waals surface area contributed by atoms with Gasteiger partial charge < -0.3 is 0 Å². The third-order valence-corrected chi connectivity index (χ3v) is 1.54. The van der Waals surface area contributed by atoms with Crippen molar-refractivity contribution in [2.75, 3.05) is 0 Å². The van der Waals surface area contributed by atoms with Crippen molar-refractivity contribution in [2.24, 2.45) is 0 Å². The summed E-state index contributed by atoms with van der Waals surface area (Å²) >= 11 is 0. The van der Waals surface area contributed by atoms with Gasteiger partial charge in [0.2, 0.25) is 0 Å². The monoisotopic (exact) mass is 145 g/mol. The summed E-state index contributed by atoms with van der Waals surface area (Å²) in [5, 5.41) is 0. The molecule has 11 heavy (non-hydrogen) atoms. The van der Waals surface area contributed by atoms with Crippen LogP contribution in [0, 0.1) is 6.92 Å². The van der Waals surface area contributed by atoms with E-state index in [-0.39, 0.29) is 0 Å². The van der Waals surface area contributed by atoms with Gasteiger partial charge >= 0.3 is 0 Å². The van der Waals surface area contributed by atoms with Crippen molar-refractivity contribution in [3.05, 3.63) is 36.1 Å². The number of aromatic nitrogens is 2. The molecule has 0 fully saturated rings. The highest BCUT2D eigenvalue weighted by Crippen LogP contribution is 2.07. The van der Waals surface area contributed by atoms with Crippen LogP contribution in [0.2, 0.25) is 0 Å². The Labute approximate surface area is 66.3 Å². The van der Waals surface area contributed by atoms with Crippen molar-refractivity contribution >= 4 is 11.0 Å². The van der Waals surface area contributed by atoms with E-state index < -0.39 is 0 Å². The summed E-state index contributed by atoms with van der Waals surface area (Å²) in [6, 6.07) is 5.95. The Hall–Kier alpha value is -1.44. The second-order valence-corrected chi connectivity index (χ2v) is 2.43. The molecule has 2 heteroatoms. The normalized spacial score (nSPS) is 11.5. The number of rotatable bonds is 0. The summed E-state index contributed by atoms with van der Waals surface area (Å²) in [6.07, 6.45) is 1.53. The summed E-state index contributed by atoms with van der Waals surface area (Å²) in [5.41, 5.74) is 2.59. The van der Waals surface area contributed by atoms with Gasteiger partial charge in [0.05, 0.1) is 12.4 Å². The summed E-state index contributed by atoms with van der Waals surface area (Å²) in [5.74, 6) is 0. The van der Waals surface area contributed by atoms with Gasteiger partial charge in [0.1, 0.15) is 0 Å². The quantitative estimate of drug-likeness (QED) is 0.566. The molecule has 2 nitrogen and oxygen atoms in total. The summed E-state index contributed by atoms with van der Waals surface area (Å²) in [6.45, 7) is 1.93. The third-order valence-electron chi connectivity index (χ3n) is 1.54. The van der Waals surface area contributed by atoms with Gasteiger partial charge in [-0.25, -0.2) is 0 Å². The summed E-state index contributed by atoms with van der Waals surface area (Å²) in [4.78, 5) is 8.33. The lowest BCUT2D eigenvalue weighted by molar-refractivity contribution is 1.24. The first-order chi connectivity index (χ1) is 5.75. The minimum absolute atomic E-state index is 0.403. The van der Waals surface area contributed by atoms with E-state index in [4.69, 9.17) is 1.37 Å². The number of pyridine rings is 2. The van der Waals surface area contributed by atoms with Crippen LogP contribution in [0.1, 0.15) is 7.06 Å². The summed E-state index contributed by atoms with van der Waals surface area (Å²) < 4.78 is 7.35. The highest BCUT2D eigenvalue weighted by Gasteiger charge is 1.92. The van der Waals surface area contributed by atoms with Crippen LogP contribution >= 0.6 is 0 Å². The van der Waals surface area contributed by atoms with Crippen molar-refractivity contribution < 1.29 is 1.37 Å². The van der Waals surface area contributed by atoms with Crippen LogP contribution in [-0.2, 0) is 0 Å². The van der Waals surface area contributed by atoms with Gasteiger partial charge in [0.15, 0.2) is 0 Å². The van der Waals surface area contributed by atoms with E-state index in [1.54, 1.807) is 6.07 Å². The average molecular weight is 145 g/mol. The first kappa shape index (κ1) is 5.24. The van der Waals surface area contributed by atoms with Gasteiger partial charge in [0.25, 0.3) is 0 Å².